The molecule has 0 aromatic rings. The standard InChI is InChI=1S/CH4NO2PS/c1-4-6(5)2-3/h6H,1H3. The molecule has 3 nitrogen and oxygen atoms in total. The molecule has 0 N–H and O–H groups in total. The summed E-state index contributed by atoms with van der Waals surface area (Å²) in [5.74, 6) is 0. The van der Waals surface area contributed by atoms with Crippen molar-refractivity contribution >= 4 is 18.2 Å². The zero-order chi connectivity index (χ0) is 4.99. The van der Waals surface area contributed by atoms with E-state index < -0.39 is 10.3 Å². The third kappa shape index (κ3) is 2.57. The van der Waals surface area contributed by atoms with Crippen molar-refractivity contribution in [3.05, 3.63) is 4.91 Å². The molecule has 0 aliphatic rings. The van der Waals surface area contributed by atoms with Crippen molar-refractivity contribution in [3.8, 4) is 0 Å². The van der Waals surface area contributed by atoms with E-state index in [1.807, 2.05) is 0 Å². The van der Waals surface area contributed by atoms with E-state index in [9.17, 15) is 4.91 Å². The average Bonchev–Trinajstić information content (AvgIpc) is 1.65. The number of rotatable bonds is 0. The summed E-state index contributed by atoms with van der Waals surface area (Å²) in [7, 11) is 3.67. The summed E-state index contributed by atoms with van der Waals surface area (Å²) in [5, 5.41) is 0. The van der Waals surface area contributed by atoms with Crippen molar-refractivity contribution in [1.82, 2.24) is 0 Å². The topological polar surface area (TPSA) is 38.7 Å². The Morgan fingerprint density at radius 3 is 2.50 bits per heavy atom. The van der Waals surface area contributed by atoms with Gasteiger partial charge < -0.3 is 0 Å². The van der Waals surface area contributed by atoms with E-state index in [1.54, 1.807) is 0 Å². The average molecular weight is 125 g/mol. The fraction of sp³-hybridized carbons (Fsp3) is 1.00. The molecule has 1 atom stereocenters. The van der Waals surface area contributed by atoms with E-state index in [1.165, 1.54) is 7.11 Å². The van der Waals surface area contributed by atoms with Crippen LogP contribution in [0.3, 0.4) is 0 Å². The monoisotopic (exact) mass is 125 g/mol. The second kappa shape index (κ2) is 3.53. The molecule has 0 rings (SSSR count). The second-order valence-electron chi connectivity index (χ2n) is 0.517. The van der Waals surface area contributed by atoms with Crippen LogP contribution in [0.4, 0.5) is 0 Å². The summed E-state index contributed by atoms with van der Waals surface area (Å²) in [6.45, 7) is 0. The van der Waals surface area contributed by atoms with E-state index in [2.05, 4.69) is 16.6 Å². The van der Waals surface area contributed by atoms with Crippen LogP contribution in [0, 0.1) is 4.91 Å². The minimum atomic E-state index is -1.31. The molecule has 0 saturated carbocycles. The molecule has 0 aromatic heterocycles. The number of thiol groups is 1. The first kappa shape index (κ1) is 6.34. The van der Waals surface area contributed by atoms with Crippen molar-refractivity contribution in [2.75, 3.05) is 7.11 Å². The van der Waals surface area contributed by atoms with E-state index in [0.717, 1.165) is 0 Å². The first-order valence-corrected chi connectivity index (χ1v) is 3.54. The number of hydrogen-bond acceptors (Lipinski definition) is 3. The molecular weight excluding hydrogens is 121 g/mol. The fourth-order valence-corrected chi connectivity index (χ4v) is 0.100. The Kier molecular flexibility index (Phi) is 3.73. The molecule has 0 radical (unpaired) electrons. The quantitative estimate of drug-likeness (QED) is 0.303. The predicted octanol–water partition coefficient (Wildman–Crippen LogP) is 1.56. The Morgan fingerprint density at radius 1 is 2.00 bits per heavy atom. The third-order valence-corrected chi connectivity index (χ3v) is 1.41. The van der Waals surface area contributed by atoms with Crippen LogP contribution in [-0.4, -0.2) is 7.11 Å². The molecule has 5 heteroatoms. The van der Waals surface area contributed by atoms with Crippen LogP contribution in [-0.2, 0) is 4.18 Å². The molecular formula is CH4NO2PS. The van der Waals surface area contributed by atoms with Gasteiger partial charge in [0.2, 0.25) is 0 Å². The van der Waals surface area contributed by atoms with Gasteiger partial charge in [-0.25, -0.2) is 0 Å². The second-order valence-corrected chi connectivity index (χ2v) is 2.58. The molecule has 1 unspecified atom stereocenters. The Balaban J connectivity index is 3.34. The first-order valence-electron chi connectivity index (χ1n) is 1.17. The van der Waals surface area contributed by atoms with E-state index >= 15 is 0 Å². The van der Waals surface area contributed by atoms with Crippen molar-refractivity contribution in [3.63, 3.8) is 0 Å². The molecule has 0 aliphatic carbocycles. The maximum atomic E-state index is 9.31. The van der Waals surface area contributed by atoms with Crippen LogP contribution in [0.15, 0.2) is 4.58 Å². The fourth-order valence-electron chi connectivity index (χ4n) is 0.0333. The van der Waals surface area contributed by atoms with Gasteiger partial charge in [-0.1, -0.05) is 0 Å². The number of nitroso groups, excluding NO2 is 1. The van der Waals surface area contributed by atoms with Crippen molar-refractivity contribution in [1.29, 1.82) is 0 Å². The number of nitrogens with zero attached hydrogens (tertiary/aromatic N) is 1. The molecule has 0 spiro atoms. The van der Waals surface area contributed by atoms with Crippen LogP contribution in [0.2, 0.25) is 0 Å². The predicted molar refractivity (Wildman–Crippen MR) is 28.7 cm³/mol. The van der Waals surface area contributed by atoms with Gasteiger partial charge in [-0.2, -0.15) is 0 Å². The molecule has 0 aromatic carbocycles. The van der Waals surface area contributed by atoms with Crippen LogP contribution < -0.4 is 0 Å². The van der Waals surface area contributed by atoms with Crippen molar-refractivity contribution in [2.45, 2.75) is 0 Å². The maximum absolute atomic E-state index is 9.31. The van der Waals surface area contributed by atoms with Gasteiger partial charge in [0.25, 0.3) is 0 Å². The summed E-state index contributed by atoms with van der Waals surface area (Å²) < 4.78 is 6.81. The third-order valence-electron chi connectivity index (χ3n) is 0.233. The van der Waals surface area contributed by atoms with Crippen LogP contribution in [0.5, 0.6) is 0 Å². The Hall–Kier alpha value is 0.340. The van der Waals surface area contributed by atoms with Gasteiger partial charge in [0.15, 0.2) is 0 Å². The minimum absolute atomic E-state index is 1.31. The van der Waals surface area contributed by atoms with Crippen molar-refractivity contribution in [2.24, 2.45) is 4.58 Å². The Morgan fingerprint density at radius 2 is 2.50 bits per heavy atom. The summed E-state index contributed by atoms with van der Waals surface area (Å²) in [5.41, 5.74) is 0. The SMILES string of the molecule is CO[SH](#P)N=O. The van der Waals surface area contributed by atoms with Gasteiger partial charge in [-0.05, 0) is 0 Å². The summed E-state index contributed by atoms with van der Waals surface area (Å²) >= 11 is 0. The first-order chi connectivity index (χ1) is 2.81. The molecule has 0 aliphatic heterocycles. The normalized spacial score (nSPS) is 13.3. The van der Waals surface area contributed by atoms with Gasteiger partial charge in [-0.3, -0.25) is 0 Å². The van der Waals surface area contributed by atoms with Gasteiger partial charge in [0.05, 0.1) is 0 Å². The Bertz CT molecular complexity index is 104. The van der Waals surface area contributed by atoms with Gasteiger partial charge in [-0.15, -0.1) is 0 Å². The van der Waals surface area contributed by atoms with E-state index in [4.69, 9.17) is 0 Å². The van der Waals surface area contributed by atoms with Crippen LogP contribution >= 0.6 is 18.2 Å². The number of hydrogen-bond donors (Lipinski definition) is 1. The summed E-state index contributed by atoms with van der Waals surface area (Å²) in [4.78, 5) is 9.31. The van der Waals surface area contributed by atoms with Gasteiger partial charge in [0, 0.05) is 0 Å². The van der Waals surface area contributed by atoms with E-state index in [-0.39, 0.29) is 0 Å². The van der Waals surface area contributed by atoms with Gasteiger partial charge >= 0.3 is 38.9 Å². The molecule has 0 heterocycles. The summed E-state index contributed by atoms with van der Waals surface area (Å²) in [6, 6.07) is 0. The molecule has 0 fully saturated rings. The zero-order valence-electron chi connectivity index (χ0n) is 3.16. The molecule has 0 amide bonds. The molecule has 36 valence electrons. The zero-order valence-corrected chi connectivity index (χ0v) is 4.95. The molecule has 0 bridgehead atoms. The van der Waals surface area contributed by atoms with Crippen LogP contribution in [0.1, 0.15) is 0 Å². The van der Waals surface area contributed by atoms with E-state index in [0.29, 0.717) is 0 Å². The Labute approximate surface area is 39.8 Å². The van der Waals surface area contributed by atoms with Gasteiger partial charge in [0.1, 0.15) is 0 Å². The summed E-state index contributed by atoms with van der Waals surface area (Å²) in [6.07, 6.45) is 0. The molecule has 0 saturated heterocycles. The van der Waals surface area contributed by atoms with Crippen LogP contribution in [0.25, 0.3) is 0 Å². The van der Waals surface area contributed by atoms with Crippen molar-refractivity contribution < 1.29 is 4.18 Å². The molecule has 6 heavy (non-hydrogen) atoms.